The molecule has 27 heavy (non-hydrogen) atoms. The molecule has 0 radical (unpaired) electrons. The van der Waals surface area contributed by atoms with Gasteiger partial charge in [-0.25, -0.2) is 4.98 Å². The molecule has 0 N–H and O–H groups in total. The molecule has 146 valence electrons. The highest BCUT2D eigenvalue weighted by Crippen LogP contribution is 2.47. The maximum Gasteiger partial charge on any atom is 0.148 e. The minimum Gasteiger partial charge on any atom is -0.497 e. The van der Waals surface area contributed by atoms with Gasteiger partial charge in [-0.05, 0) is 50.3 Å². The SMILES string of the molecule is COc1cc(OC)c2nc(N3CCC[C@]4(CCC[C@H]4OC)C3)cc(C)c2c1. The summed E-state index contributed by atoms with van der Waals surface area (Å²) in [6.45, 7) is 4.22. The lowest BCUT2D eigenvalue weighted by Gasteiger charge is -2.44. The van der Waals surface area contributed by atoms with E-state index >= 15 is 0 Å². The number of pyridine rings is 1. The monoisotopic (exact) mass is 370 g/mol. The van der Waals surface area contributed by atoms with Crippen LogP contribution in [0.15, 0.2) is 18.2 Å². The molecule has 5 heteroatoms. The Morgan fingerprint density at radius 3 is 2.63 bits per heavy atom. The number of benzene rings is 1. The third-order valence-electron chi connectivity index (χ3n) is 6.54. The van der Waals surface area contributed by atoms with Crippen molar-refractivity contribution in [1.82, 2.24) is 4.98 Å². The first kappa shape index (κ1) is 18.4. The second kappa shape index (κ2) is 7.19. The van der Waals surface area contributed by atoms with Gasteiger partial charge in [0.05, 0.1) is 20.3 Å². The van der Waals surface area contributed by atoms with Gasteiger partial charge in [-0.3, -0.25) is 0 Å². The fraction of sp³-hybridized carbons (Fsp3) is 0.591. The Morgan fingerprint density at radius 1 is 1.07 bits per heavy atom. The number of rotatable bonds is 4. The predicted octanol–water partition coefficient (Wildman–Crippen LogP) is 4.35. The van der Waals surface area contributed by atoms with Crippen LogP contribution in [0.2, 0.25) is 0 Å². The third-order valence-corrected chi connectivity index (χ3v) is 6.54. The van der Waals surface area contributed by atoms with Gasteiger partial charge in [-0.15, -0.1) is 0 Å². The van der Waals surface area contributed by atoms with E-state index in [9.17, 15) is 0 Å². The number of anilines is 1. The molecule has 5 nitrogen and oxygen atoms in total. The normalized spacial score (nSPS) is 25.3. The predicted molar refractivity (Wildman–Crippen MR) is 108 cm³/mol. The van der Waals surface area contributed by atoms with Crippen molar-refractivity contribution >= 4 is 16.7 Å². The van der Waals surface area contributed by atoms with E-state index in [1.807, 2.05) is 19.2 Å². The Bertz CT molecular complexity index is 838. The lowest BCUT2D eigenvalue weighted by atomic mass is 9.76. The minimum absolute atomic E-state index is 0.279. The quantitative estimate of drug-likeness (QED) is 0.801. The van der Waals surface area contributed by atoms with Crippen molar-refractivity contribution in [2.45, 2.75) is 45.1 Å². The molecule has 4 rings (SSSR count). The molecule has 2 aliphatic rings. The number of aromatic nitrogens is 1. The number of piperidine rings is 1. The molecule has 0 amide bonds. The summed E-state index contributed by atoms with van der Waals surface area (Å²) in [6, 6.07) is 6.16. The van der Waals surface area contributed by atoms with Crippen molar-refractivity contribution in [2.75, 3.05) is 39.3 Å². The van der Waals surface area contributed by atoms with E-state index in [1.165, 1.54) is 37.7 Å². The fourth-order valence-electron chi connectivity index (χ4n) is 5.15. The third kappa shape index (κ3) is 3.12. The second-order valence-corrected chi connectivity index (χ2v) is 8.03. The van der Waals surface area contributed by atoms with Gasteiger partial charge >= 0.3 is 0 Å². The molecule has 2 atom stereocenters. The van der Waals surface area contributed by atoms with Crippen LogP contribution in [-0.2, 0) is 4.74 Å². The summed E-state index contributed by atoms with van der Waals surface area (Å²) >= 11 is 0. The van der Waals surface area contributed by atoms with E-state index in [0.29, 0.717) is 6.10 Å². The number of fused-ring (bicyclic) bond motifs is 1. The van der Waals surface area contributed by atoms with Crippen LogP contribution in [0.25, 0.3) is 10.9 Å². The highest BCUT2D eigenvalue weighted by Gasteiger charge is 2.46. The summed E-state index contributed by atoms with van der Waals surface area (Å²) in [5.41, 5.74) is 2.38. The van der Waals surface area contributed by atoms with Gasteiger partial charge < -0.3 is 19.1 Å². The van der Waals surface area contributed by atoms with Gasteiger partial charge in [0.25, 0.3) is 0 Å². The Hall–Kier alpha value is -2.01. The average Bonchev–Trinajstić information content (AvgIpc) is 3.08. The number of methoxy groups -OCH3 is 3. The summed E-state index contributed by atoms with van der Waals surface area (Å²) in [5.74, 6) is 2.60. The molecule has 1 aromatic heterocycles. The molecule has 0 bridgehead atoms. The smallest absolute Gasteiger partial charge is 0.148 e. The summed E-state index contributed by atoms with van der Waals surface area (Å²) in [5, 5.41) is 1.08. The second-order valence-electron chi connectivity index (χ2n) is 8.03. The standard InChI is InChI=1S/C22H30N2O3/c1-15-11-20(23-21-17(15)12-16(25-2)13-18(21)26-3)24-10-6-9-22(14-24)8-5-7-19(22)27-4/h11-13,19H,5-10,14H2,1-4H3/t19-,22-/m1/s1. The zero-order chi connectivity index (χ0) is 19.0. The molecule has 1 aliphatic heterocycles. The van der Waals surface area contributed by atoms with Crippen molar-refractivity contribution in [2.24, 2.45) is 5.41 Å². The first-order valence-corrected chi connectivity index (χ1v) is 9.91. The maximum absolute atomic E-state index is 5.86. The lowest BCUT2D eigenvalue weighted by Crippen LogP contribution is -2.48. The van der Waals surface area contributed by atoms with E-state index in [4.69, 9.17) is 19.2 Å². The van der Waals surface area contributed by atoms with E-state index < -0.39 is 0 Å². The van der Waals surface area contributed by atoms with Crippen molar-refractivity contribution in [3.63, 3.8) is 0 Å². The Morgan fingerprint density at radius 2 is 1.89 bits per heavy atom. The molecule has 1 saturated heterocycles. The molecule has 2 aromatic rings. The van der Waals surface area contributed by atoms with Crippen LogP contribution in [0.1, 0.15) is 37.7 Å². The highest BCUT2D eigenvalue weighted by atomic mass is 16.5. The first-order chi connectivity index (χ1) is 13.1. The Kier molecular flexibility index (Phi) is 4.89. The summed E-state index contributed by atoms with van der Waals surface area (Å²) in [4.78, 5) is 7.47. The van der Waals surface area contributed by atoms with Gasteiger partial charge in [0, 0.05) is 37.1 Å². The molecular formula is C22H30N2O3. The average molecular weight is 370 g/mol. The van der Waals surface area contributed by atoms with Gasteiger partial charge in [-0.1, -0.05) is 6.42 Å². The first-order valence-electron chi connectivity index (χ1n) is 9.91. The summed E-state index contributed by atoms with van der Waals surface area (Å²) in [7, 11) is 5.24. The number of hydrogen-bond donors (Lipinski definition) is 0. The number of ether oxygens (including phenoxy) is 3. The van der Waals surface area contributed by atoms with E-state index in [-0.39, 0.29) is 5.41 Å². The van der Waals surface area contributed by atoms with E-state index in [1.54, 1.807) is 14.2 Å². The van der Waals surface area contributed by atoms with E-state index in [0.717, 1.165) is 41.3 Å². The number of aryl methyl sites for hydroxylation is 1. The van der Waals surface area contributed by atoms with Gasteiger partial charge in [0.15, 0.2) is 0 Å². The van der Waals surface area contributed by atoms with Crippen LogP contribution in [-0.4, -0.2) is 45.5 Å². The van der Waals surface area contributed by atoms with E-state index in [2.05, 4.69) is 17.9 Å². The molecule has 2 heterocycles. The summed E-state index contributed by atoms with van der Waals surface area (Å²) in [6.07, 6.45) is 6.54. The summed E-state index contributed by atoms with van der Waals surface area (Å²) < 4.78 is 16.9. The van der Waals surface area contributed by atoms with Crippen molar-refractivity contribution in [1.29, 1.82) is 0 Å². The van der Waals surface area contributed by atoms with Crippen LogP contribution in [0.3, 0.4) is 0 Å². The van der Waals surface area contributed by atoms with Gasteiger partial charge in [-0.2, -0.15) is 0 Å². The van der Waals surface area contributed by atoms with Crippen molar-refractivity contribution in [3.8, 4) is 11.5 Å². The Balaban J connectivity index is 1.73. The fourth-order valence-corrected chi connectivity index (χ4v) is 5.15. The molecule has 1 aromatic carbocycles. The van der Waals surface area contributed by atoms with Crippen LogP contribution < -0.4 is 14.4 Å². The van der Waals surface area contributed by atoms with Crippen molar-refractivity contribution < 1.29 is 14.2 Å². The van der Waals surface area contributed by atoms with Crippen LogP contribution in [0.5, 0.6) is 11.5 Å². The zero-order valence-electron chi connectivity index (χ0n) is 16.9. The molecule has 1 spiro atoms. The Labute approximate surface area is 161 Å². The molecule has 1 aliphatic carbocycles. The maximum atomic E-state index is 5.86. The van der Waals surface area contributed by atoms with Crippen LogP contribution >= 0.6 is 0 Å². The molecule has 1 saturated carbocycles. The largest absolute Gasteiger partial charge is 0.497 e. The molecule has 0 unspecified atom stereocenters. The molecule has 2 fully saturated rings. The van der Waals surface area contributed by atoms with Gasteiger partial charge in [0.1, 0.15) is 22.8 Å². The molecular weight excluding hydrogens is 340 g/mol. The lowest BCUT2D eigenvalue weighted by molar-refractivity contribution is 0.00217. The number of hydrogen-bond acceptors (Lipinski definition) is 5. The zero-order valence-corrected chi connectivity index (χ0v) is 16.9. The highest BCUT2D eigenvalue weighted by molar-refractivity contribution is 5.90. The van der Waals surface area contributed by atoms with Crippen LogP contribution in [0.4, 0.5) is 5.82 Å². The topological polar surface area (TPSA) is 43.8 Å². The van der Waals surface area contributed by atoms with Crippen LogP contribution in [0, 0.1) is 12.3 Å². The minimum atomic E-state index is 0.279. The van der Waals surface area contributed by atoms with Crippen molar-refractivity contribution in [3.05, 3.63) is 23.8 Å². The number of nitrogens with zero attached hydrogens (tertiary/aromatic N) is 2. The van der Waals surface area contributed by atoms with Gasteiger partial charge in [0.2, 0.25) is 0 Å².